The molecule has 1 nitrogen and oxygen atoms in total. The van der Waals surface area contributed by atoms with Gasteiger partial charge in [0.2, 0.25) is 0 Å². The van der Waals surface area contributed by atoms with Crippen molar-refractivity contribution >= 4 is 0 Å². The number of unbranched alkanes of at least 4 members (excludes halogenated alkanes) is 2. The van der Waals surface area contributed by atoms with Gasteiger partial charge >= 0.3 is 0 Å². The number of hydrogen-bond acceptors (Lipinski definition) is 1. The van der Waals surface area contributed by atoms with Gasteiger partial charge < -0.3 is 5.73 Å². The van der Waals surface area contributed by atoms with Crippen LogP contribution in [0.1, 0.15) is 55.3 Å². The summed E-state index contributed by atoms with van der Waals surface area (Å²) in [5.41, 5.74) is 8.68. The highest BCUT2D eigenvalue weighted by atomic mass is 19.1. The van der Waals surface area contributed by atoms with E-state index < -0.39 is 0 Å². The molecule has 1 aromatic carbocycles. The van der Waals surface area contributed by atoms with Crippen LogP contribution >= 0.6 is 0 Å². The second-order valence-corrected chi connectivity index (χ2v) is 4.58. The maximum absolute atomic E-state index is 13.8. The van der Waals surface area contributed by atoms with Gasteiger partial charge in [0, 0.05) is 11.6 Å². The molecule has 1 unspecified atom stereocenters. The molecule has 0 aliphatic carbocycles. The number of rotatable bonds is 5. The lowest BCUT2D eigenvalue weighted by Gasteiger charge is -2.16. The zero-order valence-corrected chi connectivity index (χ0v) is 10.5. The lowest BCUT2D eigenvalue weighted by Crippen LogP contribution is -2.14. The van der Waals surface area contributed by atoms with Crippen LogP contribution in [0.2, 0.25) is 0 Å². The number of benzene rings is 1. The van der Waals surface area contributed by atoms with Crippen LogP contribution < -0.4 is 5.73 Å². The number of hydrogen-bond donors (Lipinski definition) is 1. The van der Waals surface area contributed by atoms with Crippen molar-refractivity contribution in [3.8, 4) is 0 Å². The highest BCUT2D eigenvalue weighted by molar-refractivity contribution is 5.34. The van der Waals surface area contributed by atoms with E-state index >= 15 is 0 Å². The third-order valence-corrected chi connectivity index (χ3v) is 2.97. The maximum atomic E-state index is 13.8. The van der Waals surface area contributed by atoms with E-state index in [1.54, 1.807) is 6.07 Å². The highest BCUT2D eigenvalue weighted by Gasteiger charge is 2.14. The Morgan fingerprint density at radius 3 is 2.50 bits per heavy atom. The molecule has 16 heavy (non-hydrogen) atoms. The van der Waals surface area contributed by atoms with E-state index in [1.165, 1.54) is 12.8 Å². The fraction of sp³-hybridized carbons (Fsp3) is 0.571. The fourth-order valence-electron chi connectivity index (χ4n) is 2.16. The smallest absolute Gasteiger partial charge is 0.128 e. The third-order valence-electron chi connectivity index (χ3n) is 2.97. The first kappa shape index (κ1) is 13.2. The Morgan fingerprint density at radius 2 is 1.94 bits per heavy atom. The maximum Gasteiger partial charge on any atom is 0.128 e. The van der Waals surface area contributed by atoms with Gasteiger partial charge in [-0.1, -0.05) is 32.3 Å². The molecule has 0 saturated heterocycles. The van der Waals surface area contributed by atoms with Crippen molar-refractivity contribution in [3.05, 3.63) is 34.6 Å². The molecule has 0 spiro atoms. The Balaban J connectivity index is 2.78. The summed E-state index contributed by atoms with van der Waals surface area (Å²) in [7, 11) is 0. The van der Waals surface area contributed by atoms with Crippen LogP contribution in [0.4, 0.5) is 4.39 Å². The highest BCUT2D eigenvalue weighted by Crippen LogP contribution is 2.24. The van der Waals surface area contributed by atoms with Crippen LogP contribution in [-0.2, 0) is 0 Å². The van der Waals surface area contributed by atoms with Gasteiger partial charge in [0.05, 0.1) is 0 Å². The molecule has 0 saturated carbocycles. The van der Waals surface area contributed by atoms with E-state index in [0.29, 0.717) is 5.56 Å². The zero-order chi connectivity index (χ0) is 12.1. The average Bonchev–Trinajstić information content (AvgIpc) is 2.16. The third kappa shape index (κ3) is 3.31. The van der Waals surface area contributed by atoms with E-state index in [9.17, 15) is 4.39 Å². The van der Waals surface area contributed by atoms with Gasteiger partial charge in [-0.2, -0.15) is 0 Å². The van der Waals surface area contributed by atoms with Gasteiger partial charge in [-0.05, 0) is 37.5 Å². The molecule has 0 aliphatic rings. The van der Waals surface area contributed by atoms with Gasteiger partial charge in [-0.15, -0.1) is 0 Å². The molecule has 0 bridgehead atoms. The van der Waals surface area contributed by atoms with E-state index in [-0.39, 0.29) is 11.9 Å². The van der Waals surface area contributed by atoms with Gasteiger partial charge in [0.15, 0.2) is 0 Å². The van der Waals surface area contributed by atoms with Crippen LogP contribution in [0, 0.1) is 19.7 Å². The Bertz CT molecular complexity index is 324. The second kappa shape index (κ2) is 6.00. The Labute approximate surface area is 97.9 Å². The van der Waals surface area contributed by atoms with Gasteiger partial charge in [-0.25, -0.2) is 4.39 Å². The first-order valence-electron chi connectivity index (χ1n) is 6.08. The van der Waals surface area contributed by atoms with E-state index in [2.05, 4.69) is 6.92 Å². The van der Waals surface area contributed by atoms with E-state index in [0.717, 1.165) is 24.0 Å². The normalized spacial score (nSPS) is 12.8. The van der Waals surface area contributed by atoms with Crippen molar-refractivity contribution in [1.29, 1.82) is 0 Å². The average molecular weight is 223 g/mol. The minimum Gasteiger partial charge on any atom is -0.324 e. The predicted molar refractivity (Wildman–Crippen MR) is 66.9 cm³/mol. The topological polar surface area (TPSA) is 26.0 Å². The SMILES string of the molecule is CCCCCC(N)c1c(C)cc(C)cc1F. The summed E-state index contributed by atoms with van der Waals surface area (Å²) in [5.74, 6) is -0.151. The van der Waals surface area contributed by atoms with Crippen LogP contribution in [-0.4, -0.2) is 0 Å². The van der Waals surface area contributed by atoms with E-state index in [4.69, 9.17) is 5.73 Å². The fourth-order valence-corrected chi connectivity index (χ4v) is 2.16. The molecule has 1 aromatic rings. The van der Waals surface area contributed by atoms with Crippen molar-refractivity contribution in [2.75, 3.05) is 0 Å². The largest absolute Gasteiger partial charge is 0.324 e. The molecule has 2 N–H and O–H groups in total. The van der Waals surface area contributed by atoms with Crippen LogP contribution in [0.25, 0.3) is 0 Å². The summed E-state index contributed by atoms with van der Waals surface area (Å²) in [6, 6.07) is 3.41. The quantitative estimate of drug-likeness (QED) is 0.749. The molecule has 0 radical (unpaired) electrons. The minimum atomic E-state index is -0.160. The summed E-state index contributed by atoms with van der Waals surface area (Å²) in [5, 5.41) is 0. The van der Waals surface area contributed by atoms with Crippen LogP contribution in [0.15, 0.2) is 12.1 Å². The van der Waals surface area contributed by atoms with Gasteiger partial charge in [0.1, 0.15) is 5.82 Å². The molecule has 0 aromatic heterocycles. The molecule has 0 aliphatic heterocycles. The number of halogens is 1. The Kier molecular flexibility index (Phi) is 4.94. The predicted octanol–water partition coefficient (Wildman–Crippen LogP) is 4.02. The van der Waals surface area contributed by atoms with Crippen molar-refractivity contribution in [1.82, 2.24) is 0 Å². The van der Waals surface area contributed by atoms with E-state index in [1.807, 2.05) is 19.9 Å². The molecule has 0 heterocycles. The Hall–Kier alpha value is -0.890. The second-order valence-electron chi connectivity index (χ2n) is 4.58. The Morgan fingerprint density at radius 1 is 1.25 bits per heavy atom. The van der Waals surface area contributed by atoms with Gasteiger partial charge in [-0.3, -0.25) is 0 Å². The van der Waals surface area contributed by atoms with Crippen molar-refractivity contribution < 1.29 is 4.39 Å². The summed E-state index contributed by atoms with van der Waals surface area (Å²) >= 11 is 0. The molecule has 0 fully saturated rings. The standard InChI is InChI=1S/C14H22FN/c1-4-5-6-7-13(16)14-11(3)8-10(2)9-12(14)15/h8-9,13H,4-7,16H2,1-3H3. The molecule has 90 valence electrons. The molecule has 1 atom stereocenters. The number of aryl methyl sites for hydroxylation is 2. The minimum absolute atomic E-state index is 0.151. The molecular formula is C14H22FN. The molecular weight excluding hydrogens is 201 g/mol. The summed E-state index contributed by atoms with van der Waals surface area (Å²) < 4.78 is 13.8. The number of nitrogens with two attached hydrogens (primary N) is 1. The monoisotopic (exact) mass is 223 g/mol. The first-order chi connectivity index (χ1) is 7.56. The van der Waals surface area contributed by atoms with Crippen LogP contribution in [0.5, 0.6) is 0 Å². The van der Waals surface area contributed by atoms with Crippen molar-refractivity contribution in [2.24, 2.45) is 5.73 Å². The van der Waals surface area contributed by atoms with Crippen molar-refractivity contribution in [2.45, 2.75) is 52.5 Å². The first-order valence-corrected chi connectivity index (χ1v) is 6.08. The lowest BCUT2D eigenvalue weighted by atomic mass is 9.95. The summed E-state index contributed by atoms with van der Waals surface area (Å²) in [4.78, 5) is 0. The van der Waals surface area contributed by atoms with Crippen molar-refractivity contribution in [3.63, 3.8) is 0 Å². The summed E-state index contributed by atoms with van der Waals surface area (Å²) in [6.45, 7) is 6.00. The molecule has 0 amide bonds. The van der Waals surface area contributed by atoms with Gasteiger partial charge in [0.25, 0.3) is 0 Å². The zero-order valence-electron chi connectivity index (χ0n) is 10.5. The molecule has 1 rings (SSSR count). The molecule has 2 heteroatoms. The summed E-state index contributed by atoms with van der Waals surface area (Å²) in [6.07, 6.45) is 4.28. The lowest BCUT2D eigenvalue weighted by molar-refractivity contribution is 0.535. The van der Waals surface area contributed by atoms with Crippen LogP contribution in [0.3, 0.4) is 0 Å².